The van der Waals surface area contributed by atoms with Gasteiger partial charge in [0.1, 0.15) is 0 Å². The monoisotopic (exact) mass is 296 g/mol. The fourth-order valence-electron chi connectivity index (χ4n) is 2.68. The Morgan fingerprint density at radius 1 is 1.36 bits per heavy atom. The first kappa shape index (κ1) is 14.2. The van der Waals surface area contributed by atoms with Gasteiger partial charge in [-0.05, 0) is 35.2 Å². The van der Waals surface area contributed by atoms with Crippen LogP contribution in [0.2, 0.25) is 0 Å². The maximum atomic E-state index is 12.0. The van der Waals surface area contributed by atoms with Crippen LogP contribution in [-0.4, -0.2) is 33.7 Å². The lowest BCUT2D eigenvalue weighted by Crippen LogP contribution is -2.24. The molecule has 0 radical (unpaired) electrons. The highest BCUT2D eigenvalue weighted by Gasteiger charge is 2.28. The van der Waals surface area contributed by atoms with Gasteiger partial charge in [-0.2, -0.15) is 5.10 Å². The molecule has 1 atom stereocenters. The van der Waals surface area contributed by atoms with E-state index in [0.717, 1.165) is 11.3 Å². The minimum Gasteiger partial charge on any atom is -0.338 e. The summed E-state index contributed by atoms with van der Waals surface area (Å²) in [5.74, 6) is 0.251. The van der Waals surface area contributed by atoms with Gasteiger partial charge in [-0.15, -0.1) is 0 Å². The molecule has 7 heteroatoms. The number of carbonyl (C=O) groups is 1. The smallest absolute Gasteiger partial charge is 0.223 e. The van der Waals surface area contributed by atoms with E-state index in [0.29, 0.717) is 26.1 Å². The topological polar surface area (TPSA) is 86.9 Å². The van der Waals surface area contributed by atoms with E-state index < -0.39 is 0 Å². The standard InChI is InChI=1S/C15H16N6O/c16-19-17-9-13-8-15(22)20(11-13)10-12-2-4-14(5-3-12)21-7-1-6-18-21/h1-7,13H,8-11H2. The van der Waals surface area contributed by atoms with Crippen LogP contribution >= 0.6 is 0 Å². The maximum absolute atomic E-state index is 12.0. The molecule has 0 saturated carbocycles. The summed E-state index contributed by atoms with van der Waals surface area (Å²) in [7, 11) is 0. The van der Waals surface area contributed by atoms with E-state index in [1.54, 1.807) is 10.9 Å². The van der Waals surface area contributed by atoms with E-state index in [2.05, 4.69) is 15.1 Å². The molecule has 1 aliphatic rings. The first-order chi connectivity index (χ1) is 10.8. The fourth-order valence-corrected chi connectivity index (χ4v) is 2.68. The molecule has 112 valence electrons. The van der Waals surface area contributed by atoms with Gasteiger partial charge in [0.25, 0.3) is 0 Å². The molecule has 0 spiro atoms. The number of likely N-dealkylation sites (tertiary alicyclic amines) is 1. The zero-order valence-corrected chi connectivity index (χ0v) is 12.0. The molecule has 1 fully saturated rings. The number of rotatable bonds is 5. The van der Waals surface area contributed by atoms with Crippen molar-refractivity contribution in [2.24, 2.45) is 11.0 Å². The highest BCUT2D eigenvalue weighted by atomic mass is 16.2. The van der Waals surface area contributed by atoms with Crippen molar-refractivity contribution in [2.45, 2.75) is 13.0 Å². The van der Waals surface area contributed by atoms with Crippen molar-refractivity contribution in [1.29, 1.82) is 0 Å². The Kier molecular flexibility index (Phi) is 4.07. The third kappa shape index (κ3) is 3.10. The van der Waals surface area contributed by atoms with Crippen LogP contribution in [-0.2, 0) is 11.3 Å². The summed E-state index contributed by atoms with van der Waals surface area (Å²) in [6.07, 6.45) is 4.09. The number of hydrogen-bond donors (Lipinski definition) is 0. The van der Waals surface area contributed by atoms with Crippen molar-refractivity contribution in [3.8, 4) is 5.69 Å². The maximum Gasteiger partial charge on any atom is 0.223 e. The van der Waals surface area contributed by atoms with Crippen LogP contribution in [0.15, 0.2) is 47.8 Å². The largest absolute Gasteiger partial charge is 0.338 e. The lowest BCUT2D eigenvalue weighted by molar-refractivity contribution is -0.128. The number of aromatic nitrogens is 2. The minimum atomic E-state index is 0.120. The predicted molar refractivity (Wildman–Crippen MR) is 81.1 cm³/mol. The van der Waals surface area contributed by atoms with Gasteiger partial charge >= 0.3 is 0 Å². The highest BCUT2D eigenvalue weighted by Crippen LogP contribution is 2.21. The molecule has 2 heterocycles. The Balaban J connectivity index is 1.63. The van der Waals surface area contributed by atoms with Gasteiger partial charge in [0.05, 0.1) is 5.69 Å². The molecule has 7 nitrogen and oxygen atoms in total. The normalized spacial score (nSPS) is 17.5. The van der Waals surface area contributed by atoms with E-state index in [9.17, 15) is 4.79 Å². The van der Waals surface area contributed by atoms with Gasteiger partial charge < -0.3 is 4.90 Å². The van der Waals surface area contributed by atoms with E-state index in [1.165, 1.54) is 0 Å². The van der Waals surface area contributed by atoms with E-state index >= 15 is 0 Å². The third-order valence-corrected chi connectivity index (χ3v) is 3.78. The van der Waals surface area contributed by atoms with Gasteiger partial charge in [-0.3, -0.25) is 4.79 Å². The van der Waals surface area contributed by atoms with E-state index in [4.69, 9.17) is 5.53 Å². The fraction of sp³-hybridized carbons (Fsp3) is 0.333. The van der Waals surface area contributed by atoms with Crippen LogP contribution in [0.25, 0.3) is 16.1 Å². The Labute approximate surface area is 127 Å². The van der Waals surface area contributed by atoms with Crippen molar-refractivity contribution in [2.75, 3.05) is 13.1 Å². The third-order valence-electron chi connectivity index (χ3n) is 3.78. The predicted octanol–water partition coefficient (Wildman–Crippen LogP) is 2.53. The average molecular weight is 296 g/mol. The first-order valence-corrected chi connectivity index (χ1v) is 7.14. The second-order valence-electron chi connectivity index (χ2n) is 5.37. The molecule has 0 N–H and O–H groups in total. The van der Waals surface area contributed by atoms with E-state index in [1.807, 2.05) is 41.4 Å². The van der Waals surface area contributed by atoms with Crippen LogP contribution in [0.4, 0.5) is 0 Å². The zero-order valence-electron chi connectivity index (χ0n) is 12.0. The lowest BCUT2D eigenvalue weighted by Gasteiger charge is -2.16. The van der Waals surface area contributed by atoms with Gasteiger partial charge in [-0.25, -0.2) is 4.68 Å². The molecular formula is C15H16N6O. The quantitative estimate of drug-likeness (QED) is 0.482. The van der Waals surface area contributed by atoms with Gasteiger partial charge in [0.15, 0.2) is 0 Å². The summed E-state index contributed by atoms with van der Waals surface area (Å²) in [6.45, 7) is 1.63. The summed E-state index contributed by atoms with van der Waals surface area (Å²) in [5.41, 5.74) is 10.4. The van der Waals surface area contributed by atoms with Crippen LogP contribution in [0.1, 0.15) is 12.0 Å². The summed E-state index contributed by atoms with van der Waals surface area (Å²) < 4.78 is 1.79. The molecule has 1 unspecified atom stereocenters. The van der Waals surface area contributed by atoms with Crippen LogP contribution < -0.4 is 0 Å². The molecule has 2 aromatic rings. The molecule has 1 aromatic heterocycles. The SMILES string of the molecule is [N-]=[N+]=NCC1CC(=O)N(Cc2ccc(-n3cccn3)cc2)C1. The number of azide groups is 1. The Morgan fingerprint density at radius 2 is 2.18 bits per heavy atom. The summed E-state index contributed by atoms with van der Waals surface area (Å²) in [6, 6.07) is 9.86. The summed E-state index contributed by atoms with van der Waals surface area (Å²) >= 11 is 0. The Hall–Kier alpha value is -2.79. The summed E-state index contributed by atoms with van der Waals surface area (Å²) in [4.78, 5) is 16.6. The average Bonchev–Trinajstić information content (AvgIpc) is 3.17. The van der Waals surface area contributed by atoms with Gasteiger partial charge in [-0.1, -0.05) is 17.2 Å². The van der Waals surface area contributed by atoms with Crippen LogP contribution in [0, 0.1) is 5.92 Å². The van der Waals surface area contributed by atoms with Crippen molar-refractivity contribution in [3.05, 3.63) is 58.7 Å². The lowest BCUT2D eigenvalue weighted by atomic mass is 10.1. The number of nitrogens with zero attached hydrogens (tertiary/aromatic N) is 6. The van der Waals surface area contributed by atoms with Crippen LogP contribution in [0.5, 0.6) is 0 Å². The Morgan fingerprint density at radius 3 is 2.86 bits per heavy atom. The molecule has 0 bridgehead atoms. The van der Waals surface area contributed by atoms with E-state index in [-0.39, 0.29) is 11.8 Å². The Bertz CT molecular complexity index is 687. The van der Waals surface area contributed by atoms with Gasteiger partial charge in [0, 0.05) is 43.4 Å². The summed E-state index contributed by atoms with van der Waals surface area (Å²) in [5, 5.41) is 7.74. The molecule has 1 aromatic carbocycles. The van der Waals surface area contributed by atoms with Crippen LogP contribution in [0.3, 0.4) is 0 Å². The first-order valence-electron chi connectivity index (χ1n) is 7.14. The number of benzene rings is 1. The highest BCUT2D eigenvalue weighted by molar-refractivity contribution is 5.78. The molecule has 1 aliphatic heterocycles. The molecule has 1 saturated heterocycles. The number of amides is 1. The molecular weight excluding hydrogens is 280 g/mol. The number of carbonyl (C=O) groups excluding carboxylic acids is 1. The second-order valence-corrected chi connectivity index (χ2v) is 5.37. The minimum absolute atomic E-state index is 0.120. The molecule has 3 rings (SSSR count). The number of hydrogen-bond acceptors (Lipinski definition) is 3. The second kappa shape index (κ2) is 6.32. The van der Waals surface area contributed by atoms with Crippen molar-refractivity contribution in [3.63, 3.8) is 0 Å². The zero-order chi connectivity index (χ0) is 15.4. The molecule has 0 aliphatic carbocycles. The molecule has 22 heavy (non-hydrogen) atoms. The van der Waals surface area contributed by atoms with Gasteiger partial charge in [0.2, 0.25) is 5.91 Å². The van der Waals surface area contributed by atoms with Crippen molar-refractivity contribution in [1.82, 2.24) is 14.7 Å². The van der Waals surface area contributed by atoms with Crippen molar-refractivity contribution < 1.29 is 4.79 Å². The molecule has 1 amide bonds. The van der Waals surface area contributed by atoms with Crippen molar-refractivity contribution >= 4 is 5.91 Å².